The number of amides is 2. The van der Waals surface area contributed by atoms with E-state index < -0.39 is 22.0 Å². The van der Waals surface area contributed by atoms with Crippen LogP contribution in [-0.4, -0.2) is 43.7 Å². The first-order chi connectivity index (χ1) is 16.2. The summed E-state index contributed by atoms with van der Waals surface area (Å²) in [4.78, 5) is 25.1. The van der Waals surface area contributed by atoms with Crippen LogP contribution < -0.4 is 15.4 Å². The van der Waals surface area contributed by atoms with Gasteiger partial charge in [-0.05, 0) is 61.9 Å². The van der Waals surface area contributed by atoms with Crippen LogP contribution in [-0.2, 0) is 26.0 Å². The molecule has 2 aromatic rings. The molecule has 0 aliphatic carbocycles. The number of rotatable bonds is 6. The van der Waals surface area contributed by atoms with Gasteiger partial charge in [0, 0.05) is 24.8 Å². The Labute approximate surface area is 200 Å². The highest BCUT2D eigenvalue weighted by atomic mass is 32.2. The topological polar surface area (TPSA) is 105 Å². The second kappa shape index (κ2) is 9.76. The molecule has 34 heavy (non-hydrogen) atoms. The van der Waals surface area contributed by atoms with E-state index in [9.17, 15) is 18.0 Å². The van der Waals surface area contributed by atoms with E-state index in [4.69, 9.17) is 4.74 Å². The summed E-state index contributed by atoms with van der Waals surface area (Å²) in [6.45, 7) is 6.06. The van der Waals surface area contributed by atoms with Crippen LogP contribution in [0.5, 0.6) is 5.75 Å². The molecule has 2 atom stereocenters. The normalized spacial score (nSPS) is 20.7. The van der Waals surface area contributed by atoms with Gasteiger partial charge in [0.25, 0.3) is 5.91 Å². The fourth-order valence-corrected chi connectivity index (χ4v) is 6.16. The summed E-state index contributed by atoms with van der Waals surface area (Å²) in [6.07, 6.45) is 1.97. The van der Waals surface area contributed by atoms with Gasteiger partial charge < -0.3 is 15.4 Å². The lowest BCUT2D eigenvalue weighted by Gasteiger charge is -2.32. The molecular formula is C25H31N3O5S. The highest BCUT2D eigenvalue weighted by molar-refractivity contribution is 7.89. The van der Waals surface area contributed by atoms with E-state index in [0.29, 0.717) is 48.5 Å². The number of anilines is 2. The van der Waals surface area contributed by atoms with Gasteiger partial charge in [0.05, 0.1) is 16.5 Å². The molecule has 9 heteroatoms. The molecule has 2 aliphatic heterocycles. The van der Waals surface area contributed by atoms with E-state index in [0.717, 1.165) is 6.42 Å². The van der Waals surface area contributed by atoms with E-state index in [1.54, 1.807) is 13.0 Å². The van der Waals surface area contributed by atoms with Crippen molar-refractivity contribution in [3.63, 3.8) is 0 Å². The van der Waals surface area contributed by atoms with Crippen molar-refractivity contribution in [2.24, 2.45) is 5.92 Å². The van der Waals surface area contributed by atoms with Crippen LogP contribution in [0.1, 0.15) is 44.2 Å². The van der Waals surface area contributed by atoms with Crippen molar-refractivity contribution >= 4 is 33.2 Å². The molecule has 1 fully saturated rings. The van der Waals surface area contributed by atoms with Crippen molar-refractivity contribution in [2.45, 2.75) is 57.5 Å². The molecule has 8 nitrogen and oxygen atoms in total. The number of nitrogens with one attached hydrogen (secondary N) is 2. The van der Waals surface area contributed by atoms with E-state index in [1.165, 1.54) is 15.9 Å². The highest BCUT2D eigenvalue weighted by Crippen LogP contribution is 2.36. The van der Waals surface area contributed by atoms with Crippen LogP contribution in [0.4, 0.5) is 11.4 Å². The predicted octanol–water partition coefficient (Wildman–Crippen LogP) is 3.71. The standard InChI is InChI=1S/C25H31N3O5S/c1-4-17-8-10-19(11-9-17)26-24(29)18-7-6-12-28(15-18)34(31,32)23-14-22-20(13-16(23)3)27-25(30)21(5-2)33-22/h8-11,13-14,18,21H,4-7,12,15H2,1-3H3,(H,26,29)(H,27,30)/t18-,21+/m1/s1. The first-order valence-corrected chi connectivity index (χ1v) is 13.2. The summed E-state index contributed by atoms with van der Waals surface area (Å²) >= 11 is 0. The van der Waals surface area contributed by atoms with Gasteiger partial charge in [-0.15, -0.1) is 0 Å². The second-order valence-electron chi connectivity index (χ2n) is 8.86. The molecule has 0 bridgehead atoms. The number of aryl methyl sites for hydroxylation is 2. The molecule has 2 N–H and O–H groups in total. The summed E-state index contributed by atoms with van der Waals surface area (Å²) in [7, 11) is -3.85. The van der Waals surface area contributed by atoms with Crippen molar-refractivity contribution in [3.05, 3.63) is 47.5 Å². The molecule has 2 heterocycles. The van der Waals surface area contributed by atoms with Gasteiger partial charge in [-0.2, -0.15) is 4.31 Å². The molecule has 0 aromatic heterocycles. The van der Waals surface area contributed by atoms with Crippen LogP contribution in [0.15, 0.2) is 41.3 Å². The predicted molar refractivity (Wildman–Crippen MR) is 130 cm³/mol. The van der Waals surface area contributed by atoms with Gasteiger partial charge in [-0.3, -0.25) is 9.59 Å². The second-order valence-corrected chi connectivity index (χ2v) is 10.8. The first kappa shape index (κ1) is 24.2. The number of nitrogens with zero attached hydrogens (tertiary/aromatic N) is 1. The maximum absolute atomic E-state index is 13.6. The maximum Gasteiger partial charge on any atom is 0.265 e. The SMILES string of the molecule is CCc1ccc(NC(=O)[C@@H]2CCCN(S(=O)(=O)c3cc4c(cc3C)NC(=O)[C@H](CC)O4)C2)cc1. The van der Waals surface area contributed by atoms with Gasteiger partial charge in [-0.25, -0.2) is 8.42 Å². The largest absolute Gasteiger partial charge is 0.478 e. The van der Waals surface area contributed by atoms with Gasteiger partial charge >= 0.3 is 0 Å². The molecule has 0 spiro atoms. The Morgan fingerprint density at radius 3 is 2.62 bits per heavy atom. The summed E-state index contributed by atoms with van der Waals surface area (Å²) < 4.78 is 34.3. The molecule has 0 saturated carbocycles. The van der Waals surface area contributed by atoms with Gasteiger partial charge in [0.15, 0.2) is 6.10 Å². The molecule has 0 unspecified atom stereocenters. The number of hydrogen-bond donors (Lipinski definition) is 2. The number of benzene rings is 2. The molecular weight excluding hydrogens is 454 g/mol. The Bertz CT molecular complexity index is 1190. The van der Waals surface area contributed by atoms with E-state index in [-0.39, 0.29) is 23.3 Å². The van der Waals surface area contributed by atoms with E-state index in [1.807, 2.05) is 31.2 Å². The minimum atomic E-state index is -3.85. The zero-order valence-corrected chi connectivity index (χ0v) is 20.6. The number of fused-ring (bicyclic) bond motifs is 1. The lowest BCUT2D eigenvalue weighted by Crippen LogP contribution is -2.44. The molecule has 2 aromatic carbocycles. The molecule has 4 rings (SSSR count). The van der Waals surface area contributed by atoms with Crippen LogP contribution in [0.25, 0.3) is 0 Å². The third-order valence-corrected chi connectivity index (χ3v) is 8.48. The zero-order valence-electron chi connectivity index (χ0n) is 19.8. The Morgan fingerprint density at radius 1 is 1.21 bits per heavy atom. The molecule has 2 aliphatic rings. The first-order valence-electron chi connectivity index (χ1n) is 11.7. The quantitative estimate of drug-likeness (QED) is 0.649. The van der Waals surface area contributed by atoms with Crippen molar-refractivity contribution in [3.8, 4) is 5.75 Å². The van der Waals surface area contributed by atoms with Gasteiger partial charge in [0.1, 0.15) is 5.75 Å². The number of ether oxygens (including phenoxy) is 1. The minimum absolute atomic E-state index is 0.118. The van der Waals surface area contributed by atoms with Gasteiger partial charge in [-0.1, -0.05) is 26.0 Å². The maximum atomic E-state index is 13.6. The average molecular weight is 486 g/mol. The number of piperidine rings is 1. The fourth-order valence-electron chi connectivity index (χ4n) is 4.41. The molecule has 2 amide bonds. The Hall–Kier alpha value is -2.91. The van der Waals surface area contributed by atoms with Crippen LogP contribution in [0.3, 0.4) is 0 Å². The van der Waals surface area contributed by atoms with E-state index >= 15 is 0 Å². The number of carbonyl (C=O) groups is 2. The number of carbonyl (C=O) groups excluding carboxylic acids is 2. The van der Waals surface area contributed by atoms with Crippen molar-refractivity contribution in [1.82, 2.24) is 4.31 Å². The third-order valence-electron chi connectivity index (χ3n) is 6.47. The lowest BCUT2D eigenvalue weighted by molar-refractivity contribution is -0.123. The fraction of sp³-hybridized carbons (Fsp3) is 0.440. The monoisotopic (exact) mass is 485 g/mol. The molecule has 182 valence electrons. The summed E-state index contributed by atoms with van der Waals surface area (Å²) in [5, 5.41) is 5.71. The van der Waals surface area contributed by atoms with Crippen LogP contribution >= 0.6 is 0 Å². The molecule has 0 radical (unpaired) electrons. The summed E-state index contributed by atoms with van der Waals surface area (Å²) in [5.74, 6) is -0.507. The summed E-state index contributed by atoms with van der Waals surface area (Å²) in [6, 6.07) is 10.8. The van der Waals surface area contributed by atoms with Crippen molar-refractivity contribution in [2.75, 3.05) is 23.7 Å². The third kappa shape index (κ3) is 4.81. The lowest BCUT2D eigenvalue weighted by atomic mass is 9.98. The Balaban J connectivity index is 1.52. The summed E-state index contributed by atoms with van der Waals surface area (Å²) in [5.41, 5.74) is 2.87. The molecule has 1 saturated heterocycles. The van der Waals surface area contributed by atoms with Gasteiger partial charge in [0.2, 0.25) is 15.9 Å². The Morgan fingerprint density at radius 2 is 1.94 bits per heavy atom. The smallest absolute Gasteiger partial charge is 0.265 e. The minimum Gasteiger partial charge on any atom is -0.478 e. The van der Waals surface area contributed by atoms with Crippen molar-refractivity contribution < 1.29 is 22.7 Å². The zero-order chi connectivity index (χ0) is 24.5. The highest BCUT2D eigenvalue weighted by Gasteiger charge is 2.36. The van der Waals surface area contributed by atoms with E-state index in [2.05, 4.69) is 17.6 Å². The Kier molecular flexibility index (Phi) is 6.95. The van der Waals surface area contributed by atoms with Crippen LogP contribution in [0, 0.1) is 12.8 Å². The van der Waals surface area contributed by atoms with Crippen molar-refractivity contribution in [1.29, 1.82) is 0 Å². The number of hydrogen-bond acceptors (Lipinski definition) is 5. The average Bonchev–Trinajstić information content (AvgIpc) is 2.83. The van der Waals surface area contributed by atoms with Crippen LogP contribution in [0.2, 0.25) is 0 Å². The number of sulfonamides is 1.